The summed E-state index contributed by atoms with van der Waals surface area (Å²) in [5.74, 6) is -1.11. The van der Waals surface area contributed by atoms with Gasteiger partial charge in [0.15, 0.2) is 0 Å². The Labute approximate surface area is 156 Å². The van der Waals surface area contributed by atoms with Crippen LogP contribution in [0.25, 0.3) is 11.1 Å². The average Bonchev–Trinajstić information content (AvgIpc) is 2.69. The Hall–Kier alpha value is -3.03. The number of hydrazine groups is 1. The second-order valence-electron chi connectivity index (χ2n) is 5.89. The molecule has 0 aliphatic carbocycles. The molecule has 0 unspecified atom stereocenters. The molecule has 3 aromatic rings. The Morgan fingerprint density at radius 2 is 1.52 bits per heavy atom. The smallest absolute Gasteiger partial charge is 0.266 e. The number of amides is 1. The minimum absolute atomic E-state index is 0.0190. The van der Waals surface area contributed by atoms with Crippen molar-refractivity contribution < 1.29 is 17.6 Å². The molecule has 0 bridgehead atoms. The molecule has 0 aromatic heterocycles. The molecule has 2 N–H and O–H groups in total. The van der Waals surface area contributed by atoms with Gasteiger partial charge in [0.2, 0.25) is 0 Å². The van der Waals surface area contributed by atoms with E-state index < -0.39 is 21.7 Å². The van der Waals surface area contributed by atoms with Crippen LogP contribution < -0.4 is 10.3 Å². The van der Waals surface area contributed by atoms with E-state index in [4.69, 9.17) is 0 Å². The first-order chi connectivity index (χ1) is 12.9. The van der Waals surface area contributed by atoms with Crippen LogP contribution in [0.4, 0.5) is 4.39 Å². The summed E-state index contributed by atoms with van der Waals surface area (Å²) in [5.41, 5.74) is 3.48. The van der Waals surface area contributed by atoms with E-state index in [0.29, 0.717) is 5.56 Å². The first kappa shape index (κ1) is 18.8. The van der Waals surface area contributed by atoms with Crippen molar-refractivity contribution in [1.29, 1.82) is 0 Å². The monoisotopic (exact) mass is 384 g/mol. The highest BCUT2D eigenvalue weighted by Crippen LogP contribution is 2.26. The van der Waals surface area contributed by atoms with Crippen LogP contribution in [0.2, 0.25) is 0 Å². The Morgan fingerprint density at radius 3 is 2.15 bits per heavy atom. The second kappa shape index (κ2) is 7.69. The van der Waals surface area contributed by atoms with Crippen LogP contribution >= 0.6 is 0 Å². The van der Waals surface area contributed by atoms with Crippen LogP contribution in [0.3, 0.4) is 0 Å². The number of benzene rings is 3. The number of carbonyl (C=O) groups is 1. The second-order valence-corrected chi connectivity index (χ2v) is 7.58. The van der Waals surface area contributed by atoms with E-state index in [1.165, 1.54) is 24.3 Å². The zero-order valence-electron chi connectivity index (χ0n) is 14.4. The lowest BCUT2D eigenvalue weighted by molar-refractivity contribution is 0.0945. The molecule has 0 saturated carbocycles. The standard InChI is InChI=1S/C20H17FN2O3S/c1-14-12-16(13-18(19(14)21)15-8-4-2-5-9-15)20(24)22-23-27(25,26)17-10-6-3-7-11-17/h2-13,23H,1H3,(H,22,24). The average molecular weight is 384 g/mol. The fourth-order valence-electron chi connectivity index (χ4n) is 2.57. The lowest BCUT2D eigenvalue weighted by atomic mass is 9.99. The molecule has 138 valence electrons. The molecule has 5 nitrogen and oxygen atoms in total. The minimum atomic E-state index is -3.90. The maximum atomic E-state index is 14.5. The molecule has 0 fully saturated rings. The minimum Gasteiger partial charge on any atom is -0.273 e. The summed E-state index contributed by atoms with van der Waals surface area (Å²) < 4.78 is 38.9. The van der Waals surface area contributed by atoms with Crippen LogP contribution in [0.5, 0.6) is 0 Å². The van der Waals surface area contributed by atoms with E-state index in [9.17, 15) is 17.6 Å². The van der Waals surface area contributed by atoms with Crippen molar-refractivity contribution in [2.24, 2.45) is 0 Å². The number of nitrogens with one attached hydrogen (secondary N) is 2. The molecule has 0 radical (unpaired) electrons. The SMILES string of the molecule is Cc1cc(C(=O)NNS(=O)(=O)c2ccccc2)cc(-c2ccccc2)c1F. The van der Waals surface area contributed by atoms with Gasteiger partial charge in [-0.25, -0.2) is 12.8 Å². The van der Waals surface area contributed by atoms with Crippen molar-refractivity contribution in [3.63, 3.8) is 0 Å². The summed E-state index contributed by atoms with van der Waals surface area (Å²) >= 11 is 0. The zero-order chi connectivity index (χ0) is 19.4. The molecule has 1 amide bonds. The lowest BCUT2D eigenvalue weighted by Gasteiger charge is -2.12. The molecule has 0 spiro atoms. The number of rotatable bonds is 5. The fraction of sp³-hybridized carbons (Fsp3) is 0.0500. The molecule has 0 saturated heterocycles. The molecular weight excluding hydrogens is 367 g/mol. The maximum absolute atomic E-state index is 14.5. The highest BCUT2D eigenvalue weighted by Gasteiger charge is 2.17. The summed E-state index contributed by atoms with van der Waals surface area (Å²) in [6.45, 7) is 1.55. The van der Waals surface area contributed by atoms with E-state index in [2.05, 4.69) is 5.43 Å². The van der Waals surface area contributed by atoms with Gasteiger partial charge in [-0.3, -0.25) is 10.2 Å². The Morgan fingerprint density at radius 1 is 0.926 bits per heavy atom. The van der Waals surface area contributed by atoms with Gasteiger partial charge in [0.05, 0.1) is 4.90 Å². The van der Waals surface area contributed by atoms with Crippen LogP contribution in [0.15, 0.2) is 77.7 Å². The van der Waals surface area contributed by atoms with Crippen molar-refractivity contribution in [1.82, 2.24) is 10.3 Å². The topological polar surface area (TPSA) is 75.3 Å². The summed E-state index contributed by atoms with van der Waals surface area (Å²) in [6.07, 6.45) is 0. The third-order valence-corrected chi connectivity index (χ3v) is 5.22. The van der Waals surface area contributed by atoms with Crippen LogP contribution in [-0.2, 0) is 10.0 Å². The zero-order valence-corrected chi connectivity index (χ0v) is 15.3. The number of aryl methyl sites for hydroxylation is 1. The molecular formula is C20H17FN2O3S. The summed E-state index contributed by atoms with van der Waals surface area (Å²) in [5, 5.41) is 0. The fourth-order valence-corrected chi connectivity index (χ4v) is 3.43. The highest BCUT2D eigenvalue weighted by molar-refractivity contribution is 7.89. The van der Waals surface area contributed by atoms with Gasteiger partial charge in [-0.2, -0.15) is 0 Å². The molecule has 0 aliphatic rings. The number of sulfonamides is 1. The van der Waals surface area contributed by atoms with Gasteiger partial charge in [-0.1, -0.05) is 48.5 Å². The maximum Gasteiger partial charge on any atom is 0.266 e. The summed E-state index contributed by atoms with van der Waals surface area (Å²) in [7, 11) is -3.90. The predicted molar refractivity (Wildman–Crippen MR) is 101 cm³/mol. The number of halogens is 1. The summed E-state index contributed by atoms with van der Waals surface area (Å²) in [4.78, 5) is 14.5. The number of carbonyl (C=O) groups excluding carboxylic acids is 1. The van der Waals surface area contributed by atoms with Crippen LogP contribution in [0.1, 0.15) is 15.9 Å². The van der Waals surface area contributed by atoms with Gasteiger partial charge in [0.25, 0.3) is 15.9 Å². The van der Waals surface area contributed by atoms with Gasteiger partial charge < -0.3 is 0 Å². The third-order valence-electron chi connectivity index (χ3n) is 3.95. The molecule has 3 rings (SSSR count). The van der Waals surface area contributed by atoms with Crippen LogP contribution in [-0.4, -0.2) is 14.3 Å². The van der Waals surface area contributed by atoms with E-state index in [1.807, 2.05) is 10.9 Å². The Bertz CT molecular complexity index is 1070. The molecule has 3 aromatic carbocycles. The number of hydrogen-bond donors (Lipinski definition) is 2. The normalized spacial score (nSPS) is 11.2. The predicted octanol–water partition coefficient (Wildman–Crippen LogP) is 3.42. The lowest BCUT2D eigenvalue weighted by Crippen LogP contribution is -2.41. The van der Waals surface area contributed by atoms with E-state index in [0.717, 1.165) is 0 Å². The molecule has 7 heteroatoms. The van der Waals surface area contributed by atoms with Crippen molar-refractivity contribution in [3.05, 3.63) is 89.7 Å². The molecule has 0 aliphatic heterocycles. The first-order valence-electron chi connectivity index (χ1n) is 8.11. The summed E-state index contributed by atoms with van der Waals surface area (Å²) in [6, 6.07) is 19.2. The van der Waals surface area contributed by atoms with Crippen molar-refractivity contribution in [2.75, 3.05) is 0 Å². The largest absolute Gasteiger partial charge is 0.273 e. The van der Waals surface area contributed by atoms with E-state index in [1.54, 1.807) is 49.4 Å². The number of hydrogen-bond acceptors (Lipinski definition) is 3. The van der Waals surface area contributed by atoms with Crippen molar-refractivity contribution in [3.8, 4) is 11.1 Å². The van der Waals surface area contributed by atoms with Crippen molar-refractivity contribution in [2.45, 2.75) is 11.8 Å². The quantitative estimate of drug-likeness (QED) is 0.662. The van der Waals surface area contributed by atoms with Crippen LogP contribution in [0, 0.1) is 12.7 Å². The Balaban J connectivity index is 1.84. The van der Waals surface area contributed by atoms with Gasteiger partial charge in [-0.15, -0.1) is 4.83 Å². The highest BCUT2D eigenvalue weighted by atomic mass is 32.2. The third kappa shape index (κ3) is 4.21. The van der Waals surface area contributed by atoms with Gasteiger partial charge >= 0.3 is 0 Å². The van der Waals surface area contributed by atoms with Crippen molar-refractivity contribution >= 4 is 15.9 Å². The van der Waals surface area contributed by atoms with Gasteiger partial charge in [-0.05, 0) is 42.3 Å². The first-order valence-corrected chi connectivity index (χ1v) is 9.59. The Kier molecular flexibility index (Phi) is 5.34. The molecule has 27 heavy (non-hydrogen) atoms. The molecule has 0 atom stereocenters. The van der Waals surface area contributed by atoms with E-state index >= 15 is 0 Å². The van der Waals surface area contributed by atoms with Gasteiger partial charge in [0.1, 0.15) is 5.82 Å². The van der Waals surface area contributed by atoms with E-state index in [-0.39, 0.29) is 21.6 Å². The van der Waals surface area contributed by atoms with Gasteiger partial charge in [0, 0.05) is 11.1 Å². The molecule has 0 heterocycles.